The summed E-state index contributed by atoms with van der Waals surface area (Å²) >= 11 is 10.3. The molecule has 2 aromatic rings. The van der Waals surface area contributed by atoms with E-state index in [-0.39, 0.29) is 30.3 Å². The second kappa shape index (κ2) is 19.0. The summed E-state index contributed by atoms with van der Waals surface area (Å²) in [5.74, 6) is 0.698. The first kappa shape index (κ1) is 34.9. The molecular weight excluding hydrogens is 620 g/mol. The maximum atomic E-state index is 11.3. The van der Waals surface area contributed by atoms with E-state index < -0.39 is 0 Å². The molecule has 0 aliphatic rings. The first-order chi connectivity index (χ1) is 15.4. The minimum Gasteiger partial charge on any atom is -0.300 e. The topological polar surface area (TPSA) is 34.1 Å². The molecule has 0 aliphatic heterocycles. The van der Waals surface area contributed by atoms with Gasteiger partial charge in [0.2, 0.25) is 0 Å². The Kier molecular flexibility index (Phi) is 19.4. The summed E-state index contributed by atoms with van der Waals surface area (Å²) in [6, 6.07) is 16.2. The first-order valence-corrected chi connectivity index (χ1v) is 13.5. The third-order valence-electron chi connectivity index (χ3n) is 4.89. The van der Waals surface area contributed by atoms with E-state index >= 15 is 0 Å². The molecule has 34 heavy (non-hydrogen) atoms. The van der Waals surface area contributed by atoms with E-state index in [1.165, 1.54) is 5.56 Å². The third-order valence-corrected chi connectivity index (χ3v) is 6.71. The van der Waals surface area contributed by atoms with Gasteiger partial charge in [-0.25, -0.2) is 0 Å². The van der Waals surface area contributed by atoms with Crippen molar-refractivity contribution in [1.29, 1.82) is 0 Å². The molecule has 0 heterocycles. The minimum atomic E-state index is -0.266. The number of ketones is 2. The molecule has 0 saturated heterocycles. The van der Waals surface area contributed by atoms with E-state index in [0.29, 0.717) is 0 Å². The maximum Gasteiger partial charge on any atom is 0.135 e. The largest absolute Gasteiger partial charge is 0.300 e. The number of rotatable bonds is 7. The molecule has 0 saturated carbocycles. The lowest BCUT2D eigenvalue weighted by atomic mass is 9.85. The number of halogens is 3. The van der Waals surface area contributed by atoms with Crippen LogP contribution in [-0.2, 0) is 9.59 Å². The summed E-state index contributed by atoms with van der Waals surface area (Å²) in [7, 11) is 0. The average molecular weight is 659 g/mol. The van der Waals surface area contributed by atoms with Crippen molar-refractivity contribution in [2.75, 3.05) is 5.33 Å². The molecule has 0 radical (unpaired) electrons. The van der Waals surface area contributed by atoms with Crippen molar-refractivity contribution >= 4 is 71.5 Å². The maximum absolute atomic E-state index is 11.3. The Morgan fingerprint density at radius 3 is 1.56 bits per heavy atom. The van der Waals surface area contributed by atoms with Crippen LogP contribution in [0.15, 0.2) is 69.6 Å². The highest BCUT2D eigenvalue weighted by Crippen LogP contribution is 2.24. The van der Waals surface area contributed by atoms with Gasteiger partial charge in [-0.2, -0.15) is 0 Å². The lowest BCUT2D eigenvalue weighted by Crippen LogP contribution is -2.19. The molecule has 0 spiro atoms. The van der Waals surface area contributed by atoms with Crippen LogP contribution in [0.4, 0.5) is 0 Å². The smallest absolute Gasteiger partial charge is 0.135 e. The second-order valence-corrected chi connectivity index (χ2v) is 10.8. The van der Waals surface area contributed by atoms with Crippen LogP contribution >= 0.6 is 47.8 Å². The van der Waals surface area contributed by atoms with Crippen molar-refractivity contribution in [3.63, 3.8) is 0 Å². The summed E-state index contributed by atoms with van der Waals surface area (Å²) in [5.41, 5.74) is 2.09. The van der Waals surface area contributed by atoms with Gasteiger partial charge in [-0.3, -0.25) is 9.59 Å². The highest BCUT2D eigenvalue weighted by Gasteiger charge is 2.21. The van der Waals surface area contributed by atoms with Gasteiger partial charge >= 0.3 is 0 Å². The standard InChI is InChI=1S/C14H17BrO.C9H8Br2.C5H10O.CH4/c1-11(16)14(2,3)10-6-8-12-7-4-5-9-13(12)15;10-7-3-5-8-4-1-2-6-9(8)11;1-4(2)5(3)6;/h4-9H,10H2,1-3H3;1-6H,7H2;4H,1-3H3;1H4. The third kappa shape index (κ3) is 15.6. The number of hydrogen-bond acceptors (Lipinski definition) is 2. The van der Waals surface area contributed by atoms with E-state index in [1.807, 2.05) is 70.2 Å². The van der Waals surface area contributed by atoms with Crippen LogP contribution in [0.3, 0.4) is 0 Å². The van der Waals surface area contributed by atoms with Gasteiger partial charge < -0.3 is 0 Å². The van der Waals surface area contributed by atoms with E-state index in [0.717, 1.165) is 26.3 Å². The summed E-state index contributed by atoms with van der Waals surface area (Å²) in [4.78, 5) is 21.5. The van der Waals surface area contributed by atoms with Crippen molar-refractivity contribution in [3.8, 4) is 0 Å². The molecule has 0 aliphatic carbocycles. The van der Waals surface area contributed by atoms with E-state index in [1.54, 1.807) is 13.8 Å². The number of carbonyl (C=O) groups excluding carboxylic acids is 2. The fraction of sp³-hybridized carbons (Fsp3) is 0.379. The van der Waals surface area contributed by atoms with Crippen molar-refractivity contribution in [1.82, 2.24) is 0 Å². The Labute approximate surface area is 232 Å². The van der Waals surface area contributed by atoms with Crippen molar-refractivity contribution in [2.24, 2.45) is 11.3 Å². The van der Waals surface area contributed by atoms with Gasteiger partial charge in [0.05, 0.1) is 0 Å². The SMILES string of the molecule is BrCC=Cc1ccccc1Br.C.CC(=O)C(C)(C)CC=Cc1ccccc1Br.CC(=O)C(C)C. The number of hydrogen-bond donors (Lipinski definition) is 0. The molecule has 0 aromatic heterocycles. The monoisotopic (exact) mass is 656 g/mol. The molecule has 2 aromatic carbocycles. The number of Topliss-reactive ketones (excluding diaryl/α,β-unsaturated/α-hetero) is 2. The Hall–Kier alpha value is -1.30. The zero-order chi connectivity index (χ0) is 25.4. The predicted molar refractivity (Wildman–Crippen MR) is 161 cm³/mol. The first-order valence-electron chi connectivity index (χ1n) is 10.8. The van der Waals surface area contributed by atoms with Gasteiger partial charge in [-0.05, 0) is 43.5 Å². The second-order valence-electron chi connectivity index (χ2n) is 8.41. The Morgan fingerprint density at radius 2 is 1.24 bits per heavy atom. The number of carbonyl (C=O) groups is 2. The van der Waals surface area contributed by atoms with Crippen molar-refractivity contribution in [2.45, 2.75) is 55.4 Å². The Morgan fingerprint density at radius 1 is 0.853 bits per heavy atom. The van der Waals surface area contributed by atoms with Gasteiger partial charge in [0, 0.05) is 25.6 Å². The molecule has 2 nitrogen and oxygen atoms in total. The fourth-order valence-electron chi connectivity index (χ4n) is 2.02. The number of benzene rings is 2. The zero-order valence-corrected chi connectivity index (χ0v) is 25.1. The minimum absolute atomic E-state index is 0. The average Bonchev–Trinajstić information content (AvgIpc) is 2.75. The van der Waals surface area contributed by atoms with Crippen LogP contribution in [0.1, 0.15) is 66.5 Å². The van der Waals surface area contributed by atoms with Gasteiger partial charge in [0.25, 0.3) is 0 Å². The molecule has 0 N–H and O–H groups in total. The highest BCUT2D eigenvalue weighted by atomic mass is 79.9. The van der Waals surface area contributed by atoms with Crippen molar-refractivity contribution < 1.29 is 9.59 Å². The van der Waals surface area contributed by atoms with Gasteiger partial charge in [0.1, 0.15) is 11.6 Å². The summed E-state index contributed by atoms with van der Waals surface area (Å²) in [6.45, 7) is 11.0. The van der Waals surface area contributed by atoms with Gasteiger partial charge in [-0.1, -0.05) is 144 Å². The lowest BCUT2D eigenvalue weighted by molar-refractivity contribution is -0.124. The van der Waals surface area contributed by atoms with Crippen LogP contribution in [-0.4, -0.2) is 16.9 Å². The summed E-state index contributed by atoms with van der Waals surface area (Å²) in [6.07, 6.45) is 9.03. The molecule has 5 heteroatoms. The Balaban J connectivity index is 0. The van der Waals surface area contributed by atoms with E-state index in [4.69, 9.17) is 0 Å². The van der Waals surface area contributed by atoms with Crippen LogP contribution < -0.4 is 0 Å². The van der Waals surface area contributed by atoms with E-state index in [2.05, 4.69) is 78.2 Å². The Bertz CT molecular complexity index is 928. The summed E-state index contributed by atoms with van der Waals surface area (Å²) in [5, 5.41) is 0.897. The molecule has 0 unspecified atom stereocenters. The van der Waals surface area contributed by atoms with Crippen molar-refractivity contribution in [3.05, 3.63) is 80.8 Å². The molecule has 0 bridgehead atoms. The predicted octanol–water partition coefficient (Wildman–Crippen LogP) is 10.2. The molecule has 0 atom stereocenters. The molecule has 0 amide bonds. The quantitative estimate of drug-likeness (QED) is 0.278. The van der Waals surface area contributed by atoms with Gasteiger partial charge in [-0.15, -0.1) is 0 Å². The van der Waals surface area contributed by atoms with Crippen LogP contribution in [0, 0.1) is 11.3 Å². The summed E-state index contributed by atoms with van der Waals surface area (Å²) < 4.78 is 2.21. The molecule has 188 valence electrons. The van der Waals surface area contributed by atoms with E-state index in [9.17, 15) is 9.59 Å². The number of alkyl halides is 1. The number of allylic oxidation sites excluding steroid dienone is 2. The van der Waals surface area contributed by atoms with Gasteiger partial charge in [0.15, 0.2) is 0 Å². The zero-order valence-electron chi connectivity index (χ0n) is 20.4. The van der Waals surface area contributed by atoms with Crippen LogP contribution in [0.25, 0.3) is 12.2 Å². The fourth-order valence-corrected chi connectivity index (χ4v) is 3.04. The van der Waals surface area contributed by atoms with Crippen LogP contribution in [0.2, 0.25) is 0 Å². The highest BCUT2D eigenvalue weighted by molar-refractivity contribution is 9.11. The molecule has 0 fully saturated rings. The van der Waals surface area contributed by atoms with Crippen LogP contribution in [0.5, 0.6) is 0 Å². The molecular formula is C29H39Br3O2. The molecule has 2 rings (SSSR count). The normalized spacial score (nSPS) is 10.8. The lowest BCUT2D eigenvalue weighted by Gasteiger charge is -2.18.